The fraction of sp³-hybridized carbons (Fsp3) is 0.176. The molecule has 1 aliphatic carbocycles. The summed E-state index contributed by atoms with van der Waals surface area (Å²) in [7, 11) is 0. The van der Waals surface area contributed by atoms with Crippen molar-refractivity contribution in [1.82, 2.24) is 4.98 Å². The fourth-order valence-electron chi connectivity index (χ4n) is 3.31. The molecule has 1 aliphatic rings. The molecule has 0 spiro atoms. The first kappa shape index (κ1) is 11.7. The Bertz CT molecular complexity index is 793. The van der Waals surface area contributed by atoms with Crippen molar-refractivity contribution in [3.63, 3.8) is 0 Å². The zero-order valence-corrected chi connectivity index (χ0v) is 10.8. The van der Waals surface area contributed by atoms with E-state index >= 15 is 0 Å². The summed E-state index contributed by atoms with van der Waals surface area (Å²) < 4.78 is 13.3. The minimum Gasteiger partial charge on any atom is -0.388 e. The highest BCUT2D eigenvalue weighted by Crippen LogP contribution is 2.45. The minimum absolute atomic E-state index is 0.167. The van der Waals surface area contributed by atoms with Crippen molar-refractivity contribution in [3.05, 3.63) is 71.2 Å². The first-order chi connectivity index (χ1) is 9.74. The Labute approximate surface area is 115 Å². The van der Waals surface area contributed by atoms with Gasteiger partial charge in [-0.1, -0.05) is 24.3 Å². The van der Waals surface area contributed by atoms with Crippen LogP contribution in [-0.4, -0.2) is 10.1 Å². The number of aliphatic hydroxyl groups excluding tert-OH is 1. The molecule has 0 aliphatic heterocycles. The van der Waals surface area contributed by atoms with Crippen LogP contribution in [0.25, 0.3) is 10.9 Å². The van der Waals surface area contributed by atoms with Crippen molar-refractivity contribution in [2.45, 2.75) is 18.4 Å². The van der Waals surface area contributed by atoms with Crippen LogP contribution in [0.3, 0.4) is 0 Å². The van der Waals surface area contributed by atoms with E-state index in [0.717, 1.165) is 22.0 Å². The van der Waals surface area contributed by atoms with E-state index in [1.165, 1.54) is 17.7 Å². The molecule has 0 saturated heterocycles. The predicted octanol–water partition coefficient (Wildman–Crippen LogP) is 3.88. The summed E-state index contributed by atoms with van der Waals surface area (Å²) in [6.07, 6.45) is 2.20. The van der Waals surface area contributed by atoms with Crippen LogP contribution in [0, 0.1) is 5.82 Å². The van der Waals surface area contributed by atoms with Gasteiger partial charge in [-0.15, -0.1) is 0 Å². The van der Waals surface area contributed by atoms with Gasteiger partial charge in [0, 0.05) is 23.0 Å². The lowest BCUT2D eigenvalue weighted by atomic mass is 9.93. The highest BCUT2D eigenvalue weighted by molar-refractivity contribution is 5.84. The summed E-state index contributed by atoms with van der Waals surface area (Å²) in [4.78, 5) is 3.13. The Morgan fingerprint density at radius 2 is 1.85 bits per heavy atom. The number of hydrogen-bond donors (Lipinski definition) is 2. The van der Waals surface area contributed by atoms with Gasteiger partial charge in [0.15, 0.2) is 0 Å². The Hall–Kier alpha value is -2.13. The topological polar surface area (TPSA) is 36.0 Å². The van der Waals surface area contributed by atoms with E-state index in [-0.39, 0.29) is 11.7 Å². The maximum absolute atomic E-state index is 13.3. The second kappa shape index (κ2) is 4.18. The smallest absolute Gasteiger partial charge is 0.125 e. The minimum atomic E-state index is -0.415. The third-order valence-corrected chi connectivity index (χ3v) is 4.24. The summed E-state index contributed by atoms with van der Waals surface area (Å²) in [5.41, 5.74) is 4.11. The van der Waals surface area contributed by atoms with E-state index in [9.17, 15) is 9.50 Å². The number of benzene rings is 2. The number of halogens is 1. The zero-order valence-electron chi connectivity index (χ0n) is 10.8. The Balaban J connectivity index is 1.89. The van der Waals surface area contributed by atoms with Crippen LogP contribution >= 0.6 is 0 Å². The molecule has 2 nitrogen and oxygen atoms in total. The van der Waals surface area contributed by atoms with Gasteiger partial charge >= 0.3 is 0 Å². The molecule has 20 heavy (non-hydrogen) atoms. The Morgan fingerprint density at radius 3 is 2.70 bits per heavy atom. The molecular weight excluding hydrogens is 253 g/mol. The van der Waals surface area contributed by atoms with Gasteiger partial charge in [0.25, 0.3) is 0 Å². The van der Waals surface area contributed by atoms with Gasteiger partial charge in [-0.25, -0.2) is 4.39 Å². The van der Waals surface area contributed by atoms with Gasteiger partial charge in [-0.05, 0) is 41.3 Å². The van der Waals surface area contributed by atoms with E-state index in [4.69, 9.17) is 0 Å². The average Bonchev–Trinajstić information content (AvgIpc) is 3.00. The summed E-state index contributed by atoms with van der Waals surface area (Å²) in [5.74, 6) is -0.0711. The van der Waals surface area contributed by atoms with Gasteiger partial charge in [-0.2, -0.15) is 0 Å². The third kappa shape index (κ3) is 1.60. The maximum atomic E-state index is 13.3. The Kier molecular flexibility index (Phi) is 2.44. The van der Waals surface area contributed by atoms with Crippen LogP contribution < -0.4 is 0 Å². The molecule has 0 fully saturated rings. The molecule has 1 aromatic heterocycles. The molecule has 0 saturated carbocycles. The summed E-state index contributed by atoms with van der Waals surface area (Å²) in [6, 6.07) is 12.8. The quantitative estimate of drug-likeness (QED) is 0.689. The zero-order chi connectivity index (χ0) is 13.7. The largest absolute Gasteiger partial charge is 0.388 e. The van der Waals surface area contributed by atoms with Crippen molar-refractivity contribution in [2.24, 2.45) is 0 Å². The second-order valence-corrected chi connectivity index (χ2v) is 5.37. The summed E-state index contributed by atoms with van der Waals surface area (Å²) in [5, 5.41) is 11.2. The highest BCUT2D eigenvalue weighted by atomic mass is 19.1. The number of aromatic nitrogens is 1. The lowest BCUT2D eigenvalue weighted by Gasteiger charge is -2.10. The SMILES string of the molecule is O[C@@H]1C[C@H](c2c[nH]c3cc(F)ccc23)c2ccccc21. The molecule has 3 aromatic rings. The van der Waals surface area contributed by atoms with Gasteiger partial charge in [-0.3, -0.25) is 0 Å². The van der Waals surface area contributed by atoms with Crippen molar-refractivity contribution >= 4 is 10.9 Å². The third-order valence-electron chi connectivity index (χ3n) is 4.24. The molecule has 4 rings (SSSR count). The first-order valence-electron chi connectivity index (χ1n) is 6.77. The number of nitrogens with one attached hydrogen (secondary N) is 1. The lowest BCUT2D eigenvalue weighted by Crippen LogP contribution is -1.95. The highest BCUT2D eigenvalue weighted by Gasteiger charge is 2.31. The molecule has 0 unspecified atom stereocenters. The maximum Gasteiger partial charge on any atom is 0.125 e. The van der Waals surface area contributed by atoms with Crippen LogP contribution in [0.15, 0.2) is 48.7 Å². The predicted molar refractivity (Wildman–Crippen MR) is 76.1 cm³/mol. The number of fused-ring (bicyclic) bond motifs is 2. The van der Waals surface area contributed by atoms with Crippen LogP contribution in [0.1, 0.15) is 35.1 Å². The second-order valence-electron chi connectivity index (χ2n) is 5.37. The molecule has 2 atom stereocenters. The van der Waals surface area contributed by atoms with Crippen molar-refractivity contribution < 1.29 is 9.50 Å². The monoisotopic (exact) mass is 267 g/mol. The molecule has 0 amide bonds. The van der Waals surface area contributed by atoms with E-state index in [1.807, 2.05) is 30.5 Å². The molecular formula is C17H14FNO. The van der Waals surface area contributed by atoms with Gasteiger partial charge in [0.05, 0.1) is 6.10 Å². The first-order valence-corrected chi connectivity index (χ1v) is 6.77. The van der Waals surface area contributed by atoms with Crippen molar-refractivity contribution in [1.29, 1.82) is 0 Å². The molecule has 3 heteroatoms. The molecule has 0 radical (unpaired) electrons. The number of H-pyrrole nitrogens is 1. The molecule has 0 bridgehead atoms. The van der Waals surface area contributed by atoms with E-state index < -0.39 is 6.10 Å². The van der Waals surface area contributed by atoms with Crippen molar-refractivity contribution in [2.75, 3.05) is 0 Å². The van der Waals surface area contributed by atoms with Crippen LogP contribution in [0.2, 0.25) is 0 Å². The number of hydrogen-bond acceptors (Lipinski definition) is 1. The molecule has 2 N–H and O–H groups in total. The fourth-order valence-corrected chi connectivity index (χ4v) is 3.31. The molecule has 100 valence electrons. The number of rotatable bonds is 1. The lowest BCUT2D eigenvalue weighted by molar-refractivity contribution is 0.176. The number of aromatic amines is 1. The standard InChI is InChI=1S/C17H14FNO/c18-10-5-6-12-15(9-19-16(12)7-10)14-8-17(20)13-4-2-1-3-11(13)14/h1-7,9,14,17,19-20H,8H2/t14-,17+/m0/s1. The summed E-state index contributed by atoms with van der Waals surface area (Å²) in [6.45, 7) is 0. The molecule has 1 heterocycles. The number of aliphatic hydroxyl groups is 1. The van der Waals surface area contributed by atoms with E-state index in [2.05, 4.69) is 11.1 Å². The van der Waals surface area contributed by atoms with Crippen LogP contribution in [-0.2, 0) is 0 Å². The molecule has 2 aromatic carbocycles. The van der Waals surface area contributed by atoms with E-state index in [1.54, 1.807) is 0 Å². The van der Waals surface area contributed by atoms with Gasteiger partial charge < -0.3 is 10.1 Å². The normalized spacial score (nSPS) is 21.3. The van der Waals surface area contributed by atoms with Crippen LogP contribution in [0.4, 0.5) is 4.39 Å². The summed E-state index contributed by atoms with van der Waals surface area (Å²) >= 11 is 0. The average molecular weight is 267 g/mol. The van der Waals surface area contributed by atoms with E-state index in [0.29, 0.717) is 6.42 Å². The van der Waals surface area contributed by atoms with Gasteiger partial charge in [0.1, 0.15) is 5.82 Å². The van der Waals surface area contributed by atoms with Crippen LogP contribution in [0.5, 0.6) is 0 Å². The van der Waals surface area contributed by atoms with Crippen molar-refractivity contribution in [3.8, 4) is 0 Å². The Morgan fingerprint density at radius 1 is 1.05 bits per heavy atom. The van der Waals surface area contributed by atoms with Gasteiger partial charge in [0.2, 0.25) is 0 Å².